The van der Waals surface area contributed by atoms with Gasteiger partial charge in [0.1, 0.15) is 12.1 Å². The first-order chi connectivity index (χ1) is 9.91. The zero-order valence-corrected chi connectivity index (χ0v) is 11.7. The van der Waals surface area contributed by atoms with E-state index in [-0.39, 0.29) is 19.4 Å². The molecule has 4 atom stereocenters. The van der Waals surface area contributed by atoms with E-state index in [0.29, 0.717) is 19.5 Å². The summed E-state index contributed by atoms with van der Waals surface area (Å²) in [5.41, 5.74) is 0. The topological polar surface area (TPSA) is 120 Å². The minimum Gasteiger partial charge on any atom is -0.480 e. The molecule has 0 aliphatic carbocycles. The van der Waals surface area contributed by atoms with Crippen LogP contribution in [0.15, 0.2) is 0 Å². The Balaban J connectivity index is 1.96. The van der Waals surface area contributed by atoms with Crippen molar-refractivity contribution >= 4 is 17.8 Å². The molecule has 0 radical (unpaired) electrons. The van der Waals surface area contributed by atoms with Crippen LogP contribution < -0.4 is 4.90 Å². The van der Waals surface area contributed by atoms with Crippen molar-refractivity contribution in [2.75, 3.05) is 19.6 Å². The Kier molecular flexibility index (Phi) is 4.79. The van der Waals surface area contributed by atoms with Crippen molar-refractivity contribution in [2.45, 2.75) is 43.9 Å². The molecule has 2 aliphatic rings. The first kappa shape index (κ1) is 15.7. The molecule has 0 aromatic heterocycles. The molecule has 21 heavy (non-hydrogen) atoms. The maximum absolute atomic E-state index is 11.7. The van der Waals surface area contributed by atoms with Crippen molar-refractivity contribution in [3.8, 4) is 0 Å². The molecule has 8 nitrogen and oxygen atoms in total. The van der Waals surface area contributed by atoms with Gasteiger partial charge in [-0.3, -0.25) is 4.79 Å². The largest absolute Gasteiger partial charge is 0.480 e. The third kappa shape index (κ3) is 3.33. The number of nitrogens with zero attached hydrogens (tertiary/aromatic N) is 1. The normalized spacial score (nSPS) is 30.6. The summed E-state index contributed by atoms with van der Waals surface area (Å²) in [5.74, 6) is -2.52. The van der Waals surface area contributed by atoms with Gasteiger partial charge in [0.2, 0.25) is 0 Å². The molecule has 1 amide bonds. The van der Waals surface area contributed by atoms with Crippen LogP contribution in [-0.2, 0) is 14.4 Å². The van der Waals surface area contributed by atoms with E-state index in [0.717, 1.165) is 11.3 Å². The lowest BCUT2D eigenvalue weighted by Crippen LogP contribution is -3.14. The molecule has 8 heteroatoms. The molecule has 2 aliphatic heterocycles. The Morgan fingerprint density at radius 3 is 2.57 bits per heavy atom. The number of aliphatic hydroxyl groups is 1. The summed E-state index contributed by atoms with van der Waals surface area (Å²) in [6.07, 6.45) is 0.747. The van der Waals surface area contributed by atoms with Crippen molar-refractivity contribution in [2.24, 2.45) is 0 Å². The van der Waals surface area contributed by atoms with Gasteiger partial charge in [-0.1, -0.05) is 0 Å². The number of carboxylic acids is 2. The van der Waals surface area contributed by atoms with Gasteiger partial charge in [-0.2, -0.15) is 0 Å². The molecule has 4 unspecified atom stereocenters. The summed E-state index contributed by atoms with van der Waals surface area (Å²) in [6.45, 7) is 1.34. The van der Waals surface area contributed by atoms with E-state index in [2.05, 4.69) is 0 Å². The number of nitrogens with one attached hydrogen (secondary N) is 1. The van der Waals surface area contributed by atoms with E-state index in [1.165, 1.54) is 4.90 Å². The quantitative estimate of drug-likeness (QED) is 0.432. The van der Waals surface area contributed by atoms with Crippen molar-refractivity contribution in [3.05, 3.63) is 0 Å². The van der Waals surface area contributed by atoms with Gasteiger partial charge in [0.15, 0.2) is 6.04 Å². The number of hydrogen-bond donors (Lipinski definition) is 4. The van der Waals surface area contributed by atoms with Crippen molar-refractivity contribution in [3.63, 3.8) is 0 Å². The van der Waals surface area contributed by atoms with Gasteiger partial charge in [-0.05, 0) is 6.42 Å². The van der Waals surface area contributed by atoms with Gasteiger partial charge < -0.3 is 25.1 Å². The molecular weight excluding hydrogens is 280 g/mol. The fourth-order valence-corrected chi connectivity index (χ4v) is 3.24. The smallest absolute Gasteiger partial charge is 0.362 e. The predicted octanol–water partition coefficient (Wildman–Crippen LogP) is -2.45. The second-order valence-corrected chi connectivity index (χ2v) is 5.67. The van der Waals surface area contributed by atoms with Gasteiger partial charge in [-0.15, -0.1) is 0 Å². The lowest BCUT2D eigenvalue weighted by atomic mass is 10.1. The summed E-state index contributed by atoms with van der Waals surface area (Å²) in [7, 11) is 0. The fraction of sp³-hybridized carbons (Fsp3) is 0.769. The van der Waals surface area contributed by atoms with Crippen molar-refractivity contribution < 1.29 is 34.6 Å². The van der Waals surface area contributed by atoms with Crippen LogP contribution >= 0.6 is 0 Å². The van der Waals surface area contributed by atoms with Gasteiger partial charge in [0.25, 0.3) is 5.91 Å². The number of aliphatic hydroxyl groups excluding tert-OH is 1. The van der Waals surface area contributed by atoms with Crippen LogP contribution in [-0.4, -0.2) is 75.9 Å². The second-order valence-electron chi connectivity index (χ2n) is 5.67. The molecule has 2 saturated heterocycles. The van der Waals surface area contributed by atoms with Gasteiger partial charge in [-0.25, -0.2) is 9.59 Å². The third-order valence-electron chi connectivity index (χ3n) is 4.39. The number of carbonyl (C=O) groups is 3. The van der Waals surface area contributed by atoms with E-state index in [9.17, 15) is 24.6 Å². The molecule has 2 rings (SSSR count). The summed E-state index contributed by atoms with van der Waals surface area (Å²) in [6, 6.07) is -1.48. The highest BCUT2D eigenvalue weighted by Crippen LogP contribution is 2.16. The SMILES string of the molecule is O=C(O)C(CC[NH+]1CCCC1C(=O)O)N1CCC(O)C1=O. The lowest BCUT2D eigenvalue weighted by Gasteiger charge is -2.26. The number of hydrogen-bond acceptors (Lipinski definition) is 4. The van der Waals surface area contributed by atoms with E-state index < -0.39 is 36.0 Å². The minimum absolute atomic E-state index is 0.201. The zero-order valence-electron chi connectivity index (χ0n) is 11.7. The number of quaternary nitrogens is 1. The average molecular weight is 301 g/mol. The Morgan fingerprint density at radius 2 is 2.05 bits per heavy atom. The minimum atomic E-state index is -1.11. The highest BCUT2D eigenvalue weighted by atomic mass is 16.4. The molecule has 0 saturated carbocycles. The molecule has 0 aromatic rings. The van der Waals surface area contributed by atoms with Crippen LogP contribution in [0.25, 0.3) is 0 Å². The first-order valence-electron chi connectivity index (χ1n) is 7.20. The zero-order chi connectivity index (χ0) is 15.6. The number of rotatable bonds is 6. The van der Waals surface area contributed by atoms with Crippen LogP contribution in [0.4, 0.5) is 0 Å². The van der Waals surface area contributed by atoms with E-state index in [1.807, 2.05) is 0 Å². The Hall–Kier alpha value is -1.67. The van der Waals surface area contributed by atoms with Crippen LogP contribution in [0.1, 0.15) is 25.7 Å². The van der Waals surface area contributed by atoms with E-state index in [4.69, 9.17) is 5.11 Å². The van der Waals surface area contributed by atoms with Crippen molar-refractivity contribution in [1.82, 2.24) is 4.90 Å². The molecule has 2 fully saturated rings. The second kappa shape index (κ2) is 6.40. The first-order valence-corrected chi connectivity index (χ1v) is 7.20. The standard InChI is InChI=1S/C13H20N2O6/c16-10-4-7-15(11(10)17)9(13(20)21)3-6-14-5-1-2-8(14)12(18)19/h8-10,16H,1-7H2,(H,18,19)(H,20,21)/p+1. The van der Waals surface area contributed by atoms with Crippen LogP contribution in [0, 0.1) is 0 Å². The molecule has 118 valence electrons. The van der Waals surface area contributed by atoms with Crippen molar-refractivity contribution in [1.29, 1.82) is 0 Å². The molecule has 0 aromatic carbocycles. The predicted molar refractivity (Wildman–Crippen MR) is 69.7 cm³/mol. The highest BCUT2D eigenvalue weighted by molar-refractivity contribution is 5.87. The lowest BCUT2D eigenvalue weighted by molar-refractivity contribution is -0.904. The number of likely N-dealkylation sites (tertiary alicyclic amines) is 2. The maximum Gasteiger partial charge on any atom is 0.362 e. The summed E-state index contributed by atoms with van der Waals surface area (Å²) in [5, 5.41) is 27.8. The Labute approximate surface area is 121 Å². The summed E-state index contributed by atoms with van der Waals surface area (Å²) in [4.78, 5) is 36.3. The van der Waals surface area contributed by atoms with Crippen LogP contribution in [0.2, 0.25) is 0 Å². The highest BCUT2D eigenvalue weighted by Gasteiger charge is 2.40. The third-order valence-corrected chi connectivity index (χ3v) is 4.39. The average Bonchev–Trinajstić information content (AvgIpc) is 3.00. The summed E-state index contributed by atoms with van der Waals surface area (Å²) < 4.78 is 0. The monoisotopic (exact) mass is 301 g/mol. The summed E-state index contributed by atoms with van der Waals surface area (Å²) >= 11 is 0. The van der Waals surface area contributed by atoms with E-state index >= 15 is 0 Å². The van der Waals surface area contributed by atoms with Crippen LogP contribution in [0.5, 0.6) is 0 Å². The van der Waals surface area contributed by atoms with Gasteiger partial charge in [0.05, 0.1) is 13.1 Å². The number of carboxylic acid groups (broad SMARTS) is 2. The van der Waals surface area contributed by atoms with Gasteiger partial charge >= 0.3 is 11.9 Å². The number of amides is 1. The number of aliphatic carboxylic acids is 2. The van der Waals surface area contributed by atoms with E-state index in [1.54, 1.807) is 0 Å². The maximum atomic E-state index is 11.7. The Bertz CT molecular complexity index is 440. The molecule has 4 N–H and O–H groups in total. The number of carbonyl (C=O) groups excluding carboxylic acids is 1. The molecule has 0 spiro atoms. The molecule has 0 bridgehead atoms. The van der Waals surface area contributed by atoms with Gasteiger partial charge in [0, 0.05) is 25.8 Å². The fourth-order valence-electron chi connectivity index (χ4n) is 3.24. The Morgan fingerprint density at radius 1 is 1.33 bits per heavy atom. The molecular formula is C13H21N2O6+. The van der Waals surface area contributed by atoms with Crippen LogP contribution in [0.3, 0.4) is 0 Å². The molecule has 2 heterocycles.